The minimum absolute atomic E-state index is 0.0409. The molecule has 14 heavy (non-hydrogen) atoms. The van der Waals surface area contributed by atoms with E-state index in [1.807, 2.05) is 0 Å². The maximum absolute atomic E-state index is 11.1. The molecule has 1 heterocycles. The molecule has 0 aromatic carbocycles. The van der Waals surface area contributed by atoms with Crippen LogP contribution in [-0.4, -0.2) is 26.6 Å². The summed E-state index contributed by atoms with van der Waals surface area (Å²) in [4.78, 5) is 11.1. The first-order chi connectivity index (χ1) is 6.27. The third-order valence-electron chi connectivity index (χ3n) is 2.34. The van der Waals surface area contributed by atoms with Gasteiger partial charge in [-0.2, -0.15) is 0 Å². The Morgan fingerprint density at radius 2 is 2.21 bits per heavy atom. The largest absolute Gasteiger partial charge is 0.458 e. The fourth-order valence-corrected chi connectivity index (χ4v) is 1.74. The van der Waals surface area contributed by atoms with Gasteiger partial charge in [0.1, 0.15) is 0 Å². The molecule has 0 spiro atoms. The van der Waals surface area contributed by atoms with Gasteiger partial charge in [-0.1, -0.05) is 41.7 Å². The molecular weight excluding hydrogens is 250 g/mol. The number of halogens is 3. The predicted molar refractivity (Wildman–Crippen MR) is 54.6 cm³/mol. The molecule has 3 nitrogen and oxygen atoms in total. The number of cyclic esters (lactones) is 1. The zero-order valence-corrected chi connectivity index (χ0v) is 9.86. The highest BCUT2D eigenvalue weighted by atomic mass is 35.6. The first-order valence-electron chi connectivity index (χ1n) is 4.25. The van der Waals surface area contributed by atoms with Gasteiger partial charge in [-0.25, -0.2) is 0 Å². The SMILES string of the molecule is CC[C@@]1(O)CC(=O)O[C@H](C(Cl)(Cl)Cl)C1. The summed E-state index contributed by atoms with van der Waals surface area (Å²) >= 11 is 16.8. The Kier molecular flexibility index (Phi) is 3.58. The van der Waals surface area contributed by atoms with Crippen molar-refractivity contribution in [2.75, 3.05) is 0 Å². The van der Waals surface area contributed by atoms with Crippen LogP contribution in [0.5, 0.6) is 0 Å². The summed E-state index contributed by atoms with van der Waals surface area (Å²) in [5.74, 6) is -0.531. The minimum atomic E-state index is -1.68. The predicted octanol–water partition coefficient (Wildman–Crippen LogP) is 2.20. The Morgan fingerprint density at radius 3 is 2.64 bits per heavy atom. The van der Waals surface area contributed by atoms with Crippen molar-refractivity contribution in [1.29, 1.82) is 0 Å². The van der Waals surface area contributed by atoms with Crippen molar-refractivity contribution in [3.63, 3.8) is 0 Å². The maximum atomic E-state index is 11.1. The molecule has 1 saturated heterocycles. The van der Waals surface area contributed by atoms with E-state index in [2.05, 4.69) is 0 Å². The molecule has 0 aromatic heterocycles. The van der Waals surface area contributed by atoms with Crippen molar-refractivity contribution in [1.82, 2.24) is 0 Å². The molecule has 1 fully saturated rings. The quantitative estimate of drug-likeness (QED) is 0.581. The monoisotopic (exact) mass is 260 g/mol. The molecule has 0 saturated carbocycles. The normalized spacial score (nSPS) is 34.1. The number of rotatable bonds is 1. The standard InChI is InChI=1S/C8H11Cl3O3/c1-2-7(13)3-5(8(9,10)11)14-6(12)4-7/h5,13H,2-4H2,1H3/t5-,7-/m0/s1. The van der Waals surface area contributed by atoms with Crippen molar-refractivity contribution in [3.8, 4) is 0 Å². The van der Waals surface area contributed by atoms with Gasteiger partial charge in [0.15, 0.2) is 6.10 Å². The first-order valence-corrected chi connectivity index (χ1v) is 5.39. The number of esters is 1. The van der Waals surface area contributed by atoms with Crippen LogP contribution in [0.1, 0.15) is 26.2 Å². The minimum Gasteiger partial charge on any atom is -0.458 e. The number of aliphatic hydroxyl groups is 1. The van der Waals surface area contributed by atoms with Crippen molar-refractivity contribution in [3.05, 3.63) is 0 Å². The van der Waals surface area contributed by atoms with Crippen molar-refractivity contribution in [2.45, 2.75) is 41.7 Å². The van der Waals surface area contributed by atoms with Crippen LogP contribution >= 0.6 is 34.8 Å². The van der Waals surface area contributed by atoms with Gasteiger partial charge >= 0.3 is 5.97 Å². The van der Waals surface area contributed by atoms with Gasteiger partial charge in [0.05, 0.1) is 12.0 Å². The molecule has 2 atom stereocenters. The lowest BCUT2D eigenvalue weighted by molar-refractivity contribution is -0.169. The van der Waals surface area contributed by atoms with Crippen LogP contribution in [0.3, 0.4) is 0 Å². The number of hydrogen-bond acceptors (Lipinski definition) is 3. The van der Waals surface area contributed by atoms with Gasteiger partial charge in [-0.3, -0.25) is 4.79 Å². The lowest BCUT2D eigenvalue weighted by Crippen LogP contribution is -2.47. The van der Waals surface area contributed by atoms with E-state index in [9.17, 15) is 9.90 Å². The molecule has 0 aliphatic carbocycles. The van der Waals surface area contributed by atoms with Crippen LogP contribution in [0.25, 0.3) is 0 Å². The third-order valence-corrected chi connectivity index (χ3v) is 3.07. The summed E-state index contributed by atoms with van der Waals surface area (Å²) < 4.78 is 3.17. The van der Waals surface area contributed by atoms with Crippen molar-refractivity contribution < 1.29 is 14.6 Å². The van der Waals surface area contributed by atoms with E-state index >= 15 is 0 Å². The highest BCUT2D eigenvalue weighted by molar-refractivity contribution is 6.68. The fourth-order valence-electron chi connectivity index (χ4n) is 1.38. The van der Waals surface area contributed by atoms with E-state index in [0.29, 0.717) is 6.42 Å². The van der Waals surface area contributed by atoms with Gasteiger partial charge in [0, 0.05) is 6.42 Å². The molecule has 0 aromatic rings. The van der Waals surface area contributed by atoms with Gasteiger partial charge in [0.2, 0.25) is 3.79 Å². The second kappa shape index (κ2) is 4.05. The van der Waals surface area contributed by atoms with Crippen LogP contribution in [0.15, 0.2) is 0 Å². The summed E-state index contributed by atoms with van der Waals surface area (Å²) in [6.45, 7) is 1.77. The molecule has 1 rings (SSSR count). The lowest BCUT2D eigenvalue weighted by atomic mass is 9.88. The average Bonchev–Trinajstić information content (AvgIpc) is 2.01. The summed E-state index contributed by atoms with van der Waals surface area (Å²) in [5, 5.41) is 9.91. The number of alkyl halides is 3. The molecule has 1 aliphatic heterocycles. The zero-order valence-electron chi connectivity index (χ0n) is 7.60. The summed E-state index contributed by atoms with van der Waals surface area (Å²) in [6.07, 6.45) is -0.329. The zero-order chi connectivity index (χ0) is 11.0. The summed E-state index contributed by atoms with van der Waals surface area (Å²) in [7, 11) is 0. The van der Waals surface area contributed by atoms with Gasteiger partial charge in [0.25, 0.3) is 0 Å². The van der Waals surface area contributed by atoms with Crippen molar-refractivity contribution >= 4 is 40.8 Å². The van der Waals surface area contributed by atoms with E-state index in [1.165, 1.54) is 0 Å². The molecule has 0 unspecified atom stereocenters. The molecule has 82 valence electrons. The molecule has 0 amide bonds. The Bertz CT molecular complexity index is 238. The lowest BCUT2D eigenvalue weighted by Gasteiger charge is -2.37. The van der Waals surface area contributed by atoms with Crippen LogP contribution in [0.4, 0.5) is 0 Å². The second-order valence-corrected chi connectivity index (χ2v) is 5.85. The molecule has 0 radical (unpaired) electrons. The van der Waals surface area contributed by atoms with Crippen LogP contribution in [0, 0.1) is 0 Å². The van der Waals surface area contributed by atoms with Crippen LogP contribution in [-0.2, 0) is 9.53 Å². The van der Waals surface area contributed by atoms with Crippen molar-refractivity contribution in [2.24, 2.45) is 0 Å². The Balaban J connectivity index is 2.78. The molecule has 1 aliphatic rings. The highest BCUT2D eigenvalue weighted by Crippen LogP contribution is 2.40. The summed E-state index contributed by atoms with van der Waals surface area (Å²) in [5.41, 5.74) is -1.11. The Labute approximate surface area is 97.3 Å². The Hall–Kier alpha value is 0.300. The van der Waals surface area contributed by atoms with Gasteiger partial charge < -0.3 is 9.84 Å². The molecular formula is C8H11Cl3O3. The third kappa shape index (κ3) is 2.89. The molecule has 6 heteroatoms. The number of carbonyl (C=O) groups excluding carboxylic acids is 1. The average molecular weight is 262 g/mol. The fraction of sp³-hybridized carbons (Fsp3) is 0.875. The van der Waals surface area contributed by atoms with E-state index in [1.54, 1.807) is 6.92 Å². The van der Waals surface area contributed by atoms with E-state index in [0.717, 1.165) is 0 Å². The number of ether oxygens (including phenoxy) is 1. The topological polar surface area (TPSA) is 46.5 Å². The highest BCUT2D eigenvalue weighted by Gasteiger charge is 2.46. The number of carbonyl (C=O) groups is 1. The second-order valence-electron chi connectivity index (χ2n) is 3.48. The van der Waals surface area contributed by atoms with Gasteiger partial charge in [-0.05, 0) is 6.42 Å². The van der Waals surface area contributed by atoms with Crippen LogP contribution in [0.2, 0.25) is 0 Å². The Morgan fingerprint density at radius 1 is 1.64 bits per heavy atom. The smallest absolute Gasteiger partial charge is 0.309 e. The van der Waals surface area contributed by atoms with E-state index in [4.69, 9.17) is 39.5 Å². The molecule has 0 bridgehead atoms. The van der Waals surface area contributed by atoms with Crippen LogP contribution < -0.4 is 0 Å². The van der Waals surface area contributed by atoms with E-state index < -0.39 is 21.5 Å². The van der Waals surface area contributed by atoms with Gasteiger partial charge in [-0.15, -0.1) is 0 Å². The maximum Gasteiger partial charge on any atom is 0.309 e. The molecule has 1 N–H and O–H groups in total. The van der Waals surface area contributed by atoms with E-state index in [-0.39, 0.29) is 12.8 Å². The number of hydrogen-bond donors (Lipinski definition) is 1. The first kappa shape index (κ1) is 12.4. The summed E-state index contributed by atoms with van der Waals surface area (Å²) in [6, 6.07) is 0.